The van der Waals surface area contributed by atoms with Gasteiger partial charge in [-0.1, -0.05) is 79.8 Å². The summed E-state index contributed by atoms with van der Waals surface area (Å²) in [6.07, 6.45) is 33.7. The molecule has 1 N–H and O–H groups in total. The zero-order valence-corrected chi connectivity index (χ0v) is 20.1. The molecule has 0 aromatic heterocycles. The molecule has 0 unspecified atom stereocenters. The average Bonchev–Trinajstić information content (AvgIpc) is 2.81. The van der Waals surface area contributed by atoms with Crippen molar-refractivity contribution in [1.82, 2.24) is 10.2 Å². The number of nitrogens with zero attached hydrogens (tertiary/aromatic N) is 1. The van der Waals surface area contributed by atoms with Gasteiger partial charge < -0.3 is 10.1 Å². The Morgan fingerprint density at radius 2 is 1.22 bits per heavy atom. The summed E-state index contributed by atoms with van der Waals surface area (Å²) in [5.74, 6) is 0.137. The summed E-state index contributed by atoms with van der Waals surface area (Å²) in [6, 6.07) is 0. The minimum absolute atomic E-state index is 0.137. The van der Waals surface area contributed by atoms with Crippen molar-refractivity contribution in [2.45, 2.75) is 58.3 Å². The highest BCUT2D eigenvalue weighted by atomic mass is 16.5. The van der Waals surface area contributed by atoms with Crippen molar-refractivity contribution in [2.75, 3.05) is 39.4 Å². The number of carbonyl (C=O) groups is 1. The van der Waals surface area contributed by atoms with Crippen LogP contribution in [-0.2, 0) is 9.53 Å². The molecular weight excluding hydrogens is 396 g/mol. The van der Waals surface area contributed by atoms with Crippen LogP contribution in [-0.4, -0.2) is 50.2 Å². The van der Waals surface area contributed by atoms with E-state index in [2.05, 4.69) is 90.1 Å². The molecule has 1 rings (SSSR count). The van der Waals surface area contributed by atoms with E-state index >= 15 is 0 Å². The van der Waals surface area contributed by atoms with E-state index in [0.717, 1.165) is 84.3 Å². The zero-order chi connectivity index (χ0) is 23.0. The lowest BCUT2D eigenvalue weighted by molar-refractivity contribution is -0.121. The molecule has 0 atom stereocenters. The standard InChI is InChI=1S/C28H44N2O2/c1-2-3-4-5-6-7-8-9-10-11-12-13-14-15-16-17-18-19-20-21-28(31)29-22-23-30-24-26-32-27-25-30/h3-4,6-7,9-10,12-13,15-16,18-19H,2,5,8,11,14,17,20-27H2,1H3,(H,29,31)/b4-3+,7-6+,10-9+,13-12+,16-15+,19-18+. The SMILES string of the molecule is CC/C=C/C/C=C/C/C=C/C/C=C/C/C=C/C/C=C/CCC(=O)NCCN1CCOCC1. The van der Waals surface area contributed by atoms with Gasteiger partial charge in [0.2, 0.25) is 5.91 Å². The Kier molecular flexibility index (Phi) is 19.2. The first-order chi connectivity index (χ1) is 15.8. The van der Waals surface area contributed by atoms with Crippen LogP contribution < -0.4 is 5.32 Å². The summed E-state index contributed by atoms with van der Waals surface area (Å²) in [6.45, 7) is 7.33. The number of ether oxygens (including phenoxy) is 1. The smallest absolute Gasteiger partial charge is 0.220 e. The summed E-state index contributed by atoms with van der Waals surface area (Å²) < 4.78 is 5.32. The van der Waals surface area contributed by atoms with Crippen molar-refractivity contribution in [3.63, 3.8) is 0 Å². The predicted molar refractivity (Wildman–Crippen MR) is 138 cm³/mol. The molecule has 0 saturated carbocycles. The highest BCUT2D eigenvalue weighted by Gasteiger charge is 2.09. The van der Waals surface area contributed by atoms with E-state index in [4.69, 9.17) is 4.74 Å². The Bertz CT molecular complexity index is 623. The van der Waals surface area contributed by atoms with Crippen molar-refractivity contribution < 1.29 is 9.53 Å². The minimum atomic E-state index is 0.137. The lowest BCUT2D eigenvalue weighted by Gasteiger charge is -2.26. The Hall–Kier alpha value is -2.17. The Morgan fingerprint density at radius 3 is 1.72 bits per heavy atom. The average molecular weight is 441 g/mol. The molecule has 0 bridgehead atoms. The Labute approximate surface area is 196 Å². The van der Waals surface area contributed by atoms with Crippen LogP contribution in [0.15, 0.2) is 72.9 Å². The normalized spacial score (nSPS) is 16.2. The molecule has 1 fully saturated rings. The van der Waals surface area contributed by atoms with Gasteiger partial charge in [0.15, 0.2) is 0 Å². The Balaban J connectivity index is 1.92. The fraction of sp³-hybridized carbons (Fsp3) is 0.536. The maximum Gasteiger partial charge on any atom is 0.220 e. The van der Waals surface area contributed by atoms with E-state index in [9.17, 15) is 4.79 Å². The first kappa shape index (κ1) is 27.9. The maximum absolute atomic E-state index is 11.8. The lowest BCUT2D eigenvalue weighted by Crippen LogP contribution is -2.41. The molecule has 1 amide bonds. The summed E-state index contributed by atoms with van der Waals surface area (Å²) in [4.78, 5) is 14.2. The van der Waals surface area contributed by atoms with Gasteiger partial charge in [0, 0.05) is 32.6 Å². The third kappa shape index (κ3) is 18.6. The monoisotopic (exact) mass is 440 g/mol. The van der Waals surface area contributed by atoms with Gasteiger partial charge in [-0.3, -0.25) is 9.69 Å². The van der Waals surface area contributed by atoms with E-state index in [1.165, 1.54) is 0 Å². The first-order valence-electron chi connectivity index (χ1n) is 12.3. The molecule has 178 valence electrons. The summed E-state index contributed by atoms with van der Waals surface area (Å²) >= 11 is 0. The maximum atomic E-state index is 11.8. The zero-order valence-electron chi connectivity index (χ0n) is 20.1. The van der Waals surface area contributed by atoms with Crippen LogP contribution in [0.4, 0.5) is 0 Å². The highest BCUT2D eigenvalue weighted by Crippen LogP contribution is 1.98. The van der Waals surface area contributed by atoms with E-state index in [-0.39, 0.29) is 5.91 Å². The molecule has 0 aliphatic carbocycles. The van der Waals surface area contributed by atoms with Gasteiger partial charge in [-0.25, -0.2) is 0 Å². The van der Waals surface area contributed by atoms with Crippen molar-refractivity contribution in [1.29, 1.82) is 0 Å². The van der Waals surface area contributed by atoms with E-state index in [0.29, 0.717) is 6.42 Å². The second kappa shape index (κ2) is 22.0. The largest absolute Gasteiger partial charge is 0.379 e. The third-order valence-corrected chi connectivity index (χ3v) is 4.99. The van der Waals surface area contributed by atoms with Gasteiger partial charge in [0.25, 0.3) is 0 Å². The van der Waals surface area contributed by atoms with Crippen LogP contribution in [0.25, 0.3) is 0 Å². The third-order valence-electron chi connectivity index (χ3n) is 4.99. The van der Waals surface area contributed by atoms with Gasteiger partial charge in [-0.15, -0.1) is 0 Å². The molecule has 0 radical (unpaired) electrons. The molecule has 1 heterocycles. The van der Waals surface area contributed by atoms with E-state index in [1.807, 2.05) is 0 Å². The number of morpholine rings is 1. The number of nitrogens with one attached hydrogen (secondary N) is 1. The number of amides is 1. The van der Waals surface area contributed by atoms with Crippen molar-refractivity contribution in [3.8, 4) is 0 Å². The van der Waals surface area contributed by atoms with Gasteiger partial charge in [0.1, 0.15) is 0 Å². The van der Waals surface area contributed by atoms with Gasteiger partial charge in [-0.05, 0) is 44.9 Å². The molecule has 1 aliphatic rings. The van der Waals surface area contributed by atoms with Gasteiger partial charge >= 0.3 is 0 Å². The minimum Gasteiger partial charge on any atom is -0.379 e. The van der Waals surface area contributed by atoms with Crippen molar-refractivity contribution >= 4 is 5.91 Å². The number of hydrogen-bond donors (Lipinski definition) is 1. The topological polar surface area (TPSA) is 41.6 Å². The number of allylic oxidation sites excluding steroid dienone is 12. The van der Waals surface area contributed by atoms with E-state index < -0.39 is 0 Å². The van der Waals surface area contributed by atoms with Crippen molar-refractivity contribution in [2.24, 2.45) is 0 Å². The number of hydrogen-bond acceptors (Lipinski definition) is 3. The fourth-order valence-corrected chi connectivity index (χ4v) is 3.12. The van der Waals surface area contributed by atoms with Crippen LogP contribution in [0.2, 0.25) is 0 Å². The molecule has 1 aliphatic heterocycles. The van der Waals surface area contributed by atoms with Gasteiger partial charge in [-0.2, -0.15) is 0 Å². The first-order valence-corrected chi connectivity index (χ1v) is 12.3. The second-order valence-electron chi connectivity index (χ2n) is 7.76. The van der Waals surface area contributed by atoms with Crippen LogP contribution >= 0.6 is 0 Å². The molecule has 0 aromatic rings. The van der Waals surface area contributed by atoms with Crippen molar-refractivity contribution in [3.05, 3.63) is 72.9 Å². The Morgan fingerprint density at radius 1 is 0.750 bits per heavy atom. The summed E-state index contributed by atoms with van der Waals surface area (Å²) in [7, 11) is 0. The van der Waals surface area contributed by atoms with Gasteiger partial charge in [0.05, 0.1) is 13.2 Å². The van der Waals surface area contributed by atoms with E-state index in [1.54, 1.807) is 0 Å². The molecule has 4 heteroatoms. The lowest BCUT2D eigenvalue weighted by atomic mass is 10.2. The predicted octanol–water partition coefficient (Wildman–Crippen LogP) is 5.91. The van der Waals surface area contributed by atoms with Crippen LogP contribution in [0.3, 0.4) is 0 Å². The highest BCUT2D eigenvalue weighted by molar-refractivity contribution is 5.75. The second-order valence-corrected chi connectivity index (χ2v) is 7.76. The molecule has 0 spiro atoms. The number of rotatable bonds is 17. The van der Waals surface area contributed by atoms with Crippen LogP contribution in [0.1, 0.15) is 58.3 Å². The molecule has 0 aromatic carbocycles. The van der Waals surface area contributed by atoms with Crippen LogP contribution in [0, 0.1) is 0 Å². The summed E-state index contributed by atoms with van der Waals surface area (Å²) in [5.41, 5.74) is 0. The molecular formula is C28H44N2O2. The molecule has 32 heavy (non-hydrogen) atoms. The molecule has 1 saturated heterocycles. The van der Waals surface area contributed by atoms with Crippen LogP contribution in [0.5, 0.6) is 0 Å². The quantitative estimate of drug-likeness (QED) is 0.286. The molecule has 4 nitrogen and oxygen atoms in total. The fourth-order valence-electron chi connectivity index (χ4n) is 3.12. The summed E-state index contributed by atoms with van der Waals surface area (Å²) in [5, 5.41) is 3.00. The number of carbonyl (C=O) groups excluding carboxylic acids is 1.